The fourth-order valence-corrected chi connectivity index (χ4v) is 5.69. The summed E-state index contributed by atoms with van der Waals surface area (Å²) in [7, 11) is -3.16. The summed E-state index contributed by atoms with van der Waals surface area (Å²) in [5.41, 5.74) is 1.33. The van der Waals surface area contributed by atoms with Gasteiger partial charge in [-0.1, -0.05) is 31.4 Å². The monoisotopic (exact) mass is 380 g/mol. The van der Waals surface area contributed by atoms with Gasteiger partial charge in [-0.15, -0.1) is 0 Å². The van der Waals surface area contributed by atoms with Crippen molar-refractivity contribution < 1.29 is 17.9 Å². The van der Waals surface area contributed by atoms with Crippen LogP contribution in [0.2, 0.25) is 0 Å². The van der Waals surface area contributed by atoms with E-state index >= 15 is 0 Å². The van der Waals surface area contributed by atoms with Crippen LogP contribution in [0.25, 0.3) is 0 Å². The number of sulfone groups is 1. The van der Waals surface area contributed by atoms with Crippen molar-refractivity contribution >= 4 is 21.4 Å². The molecule has 1 saturated carbocycles. The molecule has 2 atom stereocenters. The van der Waals surface area contributed by atoms with Crippen molar-refractivity contribution in [3.63, 3.8) is 0 Å². The SMILES string of the molecule is C[C@H]1OCCN[C@@H]1C(=O)Nc1cccc(CS(=O)(=O)C2CCCCC2)c1. The Balaban J connectivity index is 1.65. The zero-order chi connectivity index (χ0) is 18.6. The highest BCUT2D eigenvalue weighted by atomic mass is 32.2. The third-order valence-corrected chi connectivity index (χ3v) is 7.44. The standard InChI is InChI=1S/C19H28N2O4S/c1-14-18(20-10-11-25-14)19(22)21-16-7-5-6-15(12-16)13-26(23,24)17-8-3-2-4-9-17/h5-7,12,14,17-18,20H,2-4,8-11,13H2,1H3,(H,21,22)/t14-,18+/m1/s1. The summed E-state index contributed by atoms with van der Waals surface area (Å²) in [6.07, 6.45) is 4.46. The molecule has 2 N–H and O–H groups in total. The Morgan fingerprint density at radius 2 is 2.04 bits per heavy atom. The van der Waals surface area contributed by atoms with E-state index in [-0.39, 0.29) is 23.0 Å². The Kier molecular flexibility index (Phi) is 6.32. The summed E-state index contributed by atoms with van der Waals surface area (Å²) in [5, 5.41) is 5.80. The predicted octanol–water partition coefficient (Wildman–Crippen LogP) is 2.25. The fourth-order valence-electron chi connectivity index (χ4n) is 3.76. The van der Waals surface area contributed by atoms with E-state index in [0.717, 1.165) is 32.1 Å². The summed E-state index contributed by atoms with van der Waals surface area (Å²) in [6, 6.07) is 6.73. The minimum atomic E-state index is -3.16. The molecule has 1 heterocycles. The van der Waals surface area contributed by atoms with E-state index in [1.165, 1.54) is 0 Å². The Morgan fingerprint density at radius 3 is 2.77 bits per heavy atom. The van der Waals surface area contributed by atoms with Gasteiger partial charge in [0.1, 0.15) is 6.04 Å². The number of carbonyl (C=O) groups excluding carboxylic acids is 1. The van der Waals surface area contributed by atoms with Crippen LogP contribution in [-0.4, -0.2) is 44.9 Å². The molecule has 1 aliphatic carbocycles. The molecule has 3 rings (SSSR count). The Hall–Kier alpha value is -1.44. The van der Waals surface area contributed by atoms with Gasteiger partial charge in [-0.25, -0.2) is 8.42 Å². The smallest absolute Gasteiger partial charge is 0.244 e. The topological polar surface area (TPSA) is 84.5 Å². The zero-order valence-electron chi connectivity index (χ0n) is 15.2. The maximum absolute atomic E-state index is 12.7. The molecule has 6 nitrogen and oxygen atoms in total. The van der Waals surface area contributed by atoms with Crippen molar-refractivity contribution in [2.45, 2.75) is 62.2 Å². The maximum atomic E-state index is 12.7. The molecule has 1 aromatic rings. The number of hydrogen-bond donors (Lipinski definition) is 2. The van der Waals surface area contributed by atoms with E-state index in [4.69, 9.17) is 4.74 Å². The summed E-state index contributed by atoms with van der Waals surface area (Å²) in [4.78, 5) is 12.4. The summed E-state index contributed by atoms with van der Waals surface area (Å²) >= 11 is 0. The van der Waals surface area contributed by atoms with Gasteiger partial charge in [-0.3, -0.25) is 4.79 Å². The van der Waals surface area contributed by atoms with E-state index in [0.29, 0.717) is 24.4 Å². The maximum Gasteiger partial charge on any atom is 0.244 e. The van der Waals surface area contributed by atoms with Crippen LogP contribution >= 0.6 is 0 Å². The lowest BCUT2D eigenvalue weighted by Crippen LogP contribution is -2.53. The van der Waals surface area contributed by atoms with E-state index in [2.05, 4.69) is 10.6 Å². The molecule has 2 aliphatic rings. The van der Waals surface area contributed by atoms with Crippen LogP contribution in [0.5, 0.6) is 0 Å². The predicted molar refractivity (Wildman–Crippen MR) is 102 cm³/mol. The molecule has 1 saturated heterocycles. The Morgan fingerprint density at radius 1 is 1.27 bits per heavy atom. The second-order valence-corrected chi connectivity index (χ2v) is 9.55. The number of morpholine rings is 1. The quantitative estimate of drug-likeness (QED) is 0.818. The summed E-state index contributed by atoms with van der Waals surface area (Å²) in [5.74, 6) is -0.132. The van der Waals surface area contributed by atoms with Gasteiger partial charge in [0.2, 0.25) is 5.91 Å². The average molecular weight is 381 g/mol. The number of anilines is 1. The summed E-state index contributed by atoms with van der Waals surface area (Å²) < 4.78 is 30.8. The molecule has 0 spiro atoms. The molecule has 144 valence electrons. The van der Waals surface area contributed by atoms with Gasteiger partial charge in [0.25, 0.3) is 0 Å². The van der Waals surface area contributed by atoms with Gasteiger partial charge in [0, 0.05) is 12.2 Å². The van der Waals surface area contributed by atoms with Gasteiger partial charge < -0.3 is 15.4 Å². The van der Waals surface area contributed by atoms with Gasteiger partial charge in [-0.05, 0) is 37.5 Å². The second-order valence-electron chi connectivity index (χ2n) is 7.26. The number of carbonyl (C=O) groups is 1. The Bertz CT molecular complexity index is 729. The first-order valence-corrected chi connectivity index (χ1v) is 11.1. The highest BCUT2D eigenvalue weighted by Gasteiger charge is 2.29. The Labute approximate surface area is 155 Å². The van der Waals surface area contributed by atoms with Crippen LogP contribution in [0.4, 0.5) is 5.69 Å². The molecule has 7 heteroatoms. The van der Waals surface area contributed by atoms with Crippen molar-refractivity contribution in [1.82, 2.24) is 5.32 Å². The highest BCUT2D eigenvalue weighted by molar-refractivity contribution is 7.91. The molecular weight excluding hydrogens is 352 g/mol. The molecule has 0 radical (unpaired) electrons. The van der Waals surface area contributed by atoms with E-state index in [1.54, 1.807) is 24.3 Å². The van der Waals surface area contributed by atoms with Crippen molar-refractivity contribution in [2.24, 2.45) is 0 Å². The fraction of sp³-hybridized carbons (Fsp3) is 0.632. The van der Waals surface area contributed by atoms with Crippen LogP contribution in [0.15, 0.2) is 24.3 Å². The van der Waals surface area contributed by atoms with Crippen LogP contribution < -0.4 is 10.6 Å². The summed E-state index contributed by atoms with van der Waals surface area (Å²) in [6.45, 7) is 3.10. The van der Waals surface area contributed by atoms with Crippen molar-refractivity contribution in [2.75, 3.05) is 18.5 Å². The third kappa shape index (κ3) is 4.84. The van der Waals surface area contributed by atoms with Gasteiger partial charge in [-0.2, -0.15) is 0 Å². The normalized spacial score (nSPS) is 25.0. The molecule has 0 bridgehead atoms. The molecule has 1 aromatic carbocycles. The molecule has 0 unspecified atom stereocenters. The van der Waals surface area contributed by atoms with E-state index in [9.17, 15) is 13.2 Å². The first kappa shape index (κ1) is 19.3. The lowest BCUT2D eigenvalue weighted by atomic mass is 10.0. The first-order chi connectivity index (χ1) is 12.5. The number of amides is 1. The molecule has 1 aliphatic heterocycles. The molecule has 26 heavy (non-hydrogen) atoms. The van der Waals surface area contributed by atoms with Crippen LogP contribution in [0, 0.1) is 0 Å². The lowest BCUT2D eigenvalue weighted by Gasteiger charge is -2.29. The van der Waals surface area contributed by atoms with Gasteiger partial charge in [0.05, 0.1) is 23.7 Å². The number of ether oxygens (including phenoxy) is 1. The largest absolute Gasteiger partial charge is 0.375 e. The van der Waals surface area contributed by atoms with Crippen LogP contribution in [0.3, 0.4) is 0 Å². The number of hydrogen-bond acceptors (Lipinski definition) is 5. The van der Waals surface area contributed by atoms with Crippen molar-refractivity contribution in [3.8, 4) is 0 Å². The first-order valence-electron chi connectivity index (χ1n) is 9.42. The molecule has 0 aromatic heterocycles. The molecule has 1 amide bonds. The second kappa shape index (κ2) is 8.50. The van der Waals surface area contributed by atoms with Gasteiger partial charge >= 0.3 is 0 Å². The van der Waals surface area contributed by atoms with Crippen LogP contribution in [0.1, 0.15) is 44.6 Å². The average Bonchev–Trinajstić information content (AvgIpc) is 2.63. The highest BCUT2D eigenvalue weighted by Crippen LogP contribution is 2.26. The van der Waals surface area contributed by atoms with Gasteiger partial charge in [0.15, 0.2) is 9.84 Å². The zero-order valence-corrected chi connectivity index (χ0v) is 16.1. The number of nitrogens with one attached hydrogen (secondary N) is 2. The van der Waals surface area contributed by atoms with Crippen LogP contribution in [-0.2, 0) is 25.1 Å². The molecule has 2 fully saturated rings. The van der Waals surface area contributed by atoms with Crippen molar-refractivity contribution in [3.05, 3.63) is 29.8 Å². The third-order valence-electron chi connectivity index (χ3n) is 5.22. The van der Waals surface area contributed by atoms with E-state index < -0.39 is 15.9 Å². The van der Waals surface area contributed by atoms with Crippen molar-refractivity contribution in [1.29, 1.82) is 0 Å². The number of rotatable bonds is 5. The minimum absolute atomic E-state index is 0.0303. The molecular formula is C19H28N2O4S. The lowest BCUT2D eigenvalue weighted by molar-refractivity contribution is -0.123. The van der Waals surface area contributed by atoms with E-state index in [1.807, 2.05) is 6.92 Å². The number of benzene rings is 1. The minimum Gasteiger partial charge on any atom is -0.375 e.